The van der Waals surface area contributed by atoms with Crippen molar-refractivity contribution in [1.82, 2.24) is 10.2 Å². The largest absolute Gasteiger partial charge is 0.321 e. The molecule has 0 atom stereocenters. The molecule has 3 rings (SSSR count). The van der Waals surface area contributed by atoms with Gasteiger partial charge in [-0.2, -0.15) is 5.10 Å². The maximum atomic E-state index is 12.0. The van der Waals surface area contributed by atoms with Crippen LogP contribution in [0, 0.1) is 0 Å². The number of amides is 1. The van der Waals surface area contributed by atoms with Crippen molar-refractivity contribution in [2.45, 2.75) is 0 Å². The van der Waals surface area contributed by atoms with E-state index < -0.39 is 0 Å². The van der Waals surface area contributed by atoms with Crippen molar-refractivity contribution in [2.24, 2.45) is 0 Å². The summed E-state index contributed by atoms with van der Waals surface area (Å²) >= 11 is 4.83. The minimum atomic E-state index is -0.120. The van der Waals surface area contributed by atoms with Gasteiger partial charge in [0.1, 0.15) is 0 Å². The number of nitrogens with zero attached hydrogens (tertiary/aromatic N) is 1. The van der Waals surface area contributed by atoms with Gasteiger partial charge in [0, 0.05) is 10.8 Å². The Morgan fingerprint density at radius 3 is 3.11 bits per heavy atom. The summed E-state index contributed by atoms with van der Waals surface area (Å²) in [7, 11) is 0. The number of H-pyrrole nitrogens is 1. The van der Waals surface area contributed by atoms with Gasteiger partial charge in [0.25, 0.3) is 5.91 Å². The molecule has 90 valence electrons. The molecule has 2 N–H and O–H groups in total. The van der Waals surface area contributed by atoms with Gasteiger partial charge in [-0.3, -0.25) is 9.89 Å². The number of thiophene rings is 1. The van der Waals surface area contributed by atoms with Crippen molar-refractivity contribution < 1.29 is 4.79 Å². The first kappa shape index (κ1) is 11.4. The highest BCUT2D eigenvalue weighted by Gasteiger charge is 2.10. The molecule has 18 heavy (non-hydrogen) atoms. The molecule has 0 bridgehead atoms. The second-order valence-electron chi connectivity index (χ2n) is 3.73. The Labute approximate surface area is 115 Å². The number of aromatic amines is 1. The minimum Gasteiger partial charge on any atom is -0.321 e. The SMILES string of the molecule is O=C(Nc1cccc2[nH]ncc12)c1csc(Br)c1. The van der Waals surface area contributed by atoms with E-state index in [1.54, 1.807) is 12.3 Å². The first-order chi connectivity index (χ1) is 8.74. The first-order valence-electron chi connectivity index (χ1n) is 5.21. The zero-order chi connectivity index (χ0) is 12.5. The summed E-state index contributed by atoms with van der Waals surface area (Å²) in [6.45, 7) is 0. The van der Waals surface area contributed by atoms with E-state index in [-0.39, 0.29) is 5.91 Å². The maximum absolute atomic E-state index is 12.0. The summed E-state index contributed by atoms with van der Waals surface area (Å²) in [5.41, 5.74) is 2.31. The molecule has 0 saturated heterocycles. The van der Waals surface area contributed by atoms with Gasteiger partial charge in [-0.05, 0) is 34.1 Å². The van der Waals surface area contributed by atoms with Gasteiger partial charge in [0.05, 0.1) is 26.8 Å². The zero-order valence-electron chi connectivity index (χ0n) is 9.11. The molecule has 0 aliphatic heterocycles. The van der Waals surface area contributed by atoms with Crippen molar-refractivity contribution in [2.75, 3.05) is 5.32 Å². The Morgan fingerprint density at radius 1 is 1.44 bits per heavy atom. The van der Waals surface area contributed by atoms with Crippen LogP contribution in [0.25, 0.3) is 10.9 Å². The third kappa shape index (κ3) is 2.04. The summed E-state index contributed by atoms with van der Waals surface area (Å²) in [5.74, 6) is -0.120. The lowest BCUT2D eigenvalue weighted by atomic mass is 10.2. The number of benzene rings is 1. The highest BCUT2D eigenvalue weighted by atomic mass is 79.9. The summed E-state index contributed by atoms with van der Waals surface area (Å²) in [6, 6.07) is 7.45. The lowest BCUT2D eigenvalue weighted by Gasteiger charge is -2.04. The van der Waals surface area contributed by atoms with Crippen LogP contribution in [-0.2, 0) is 0 Å². The third-order valence-corrected chi connectivity index (χ3v) is 4.07. The number of fused-ring (bicyclic) bond motifs is 1. The van der Waals surface area contributed by atoms with Crippen LogP contribution in [0.4, 0.5) is 5.69 Å². The van der Waals surface area contributed by atoms with Gasteiger partial charge in [-0.1, -0.05) is 6.07 Å². The van der Waals surface area contributed by atoms with E-state index >= 15 is 0 Å². The number of carbonyl (C=O) groups excluding carboxylic acids is 1. The maximum Gasteiger partial charge on any atom is 0.256 e. The fourth-order valence-corrected chi connectivity index (χ4v) is 2.84. The van der Waals surface area contributed by atoms with Crippen LogP contribution in [0.3, 0.4) is 0 Å². The van der Waals surface area contributed by atoms with E-state index in [1.165, 1.54) is 11.3 Å². The predicted molar refractivity (Wildman–Crippen MR) is 76.1 cm³/mol. The van der Waals surface area contributed by atoms with Crippen molar-refractivity contribution in [3.8, 4) is 0 Å². The fraction of sp³-hybridized carbons (Fsp3) is 0. The van der Waals surface area contributed by atoms with Gasteiger partial charge in [-0.15, -0.1) is 11.3 Å². The molecule has 3 aromatic rings. The Hall–Kier alpha value is -1.66. The predicted octanol–water partition coefficient (Wildman–Crippen LogP) is 3.64. The minimum absolute atomic E-state index is 0.120. The molecule has 0 aliphatic carbocycles. The van der Waals surface area contributed by atoms with Gasteiger partial charge in [0.2, 0.25) is 0 Å². The second-order valence-corrected chi connectivity index (χ2v) is 6.02. The lowest BCUT2D eigenvalue weighted by molar-refractivity contribution is 0.102. The Morgan fingerprint density at radius 2 is 2.33 bits per heavy atom. The average molecular weight is 322 g/mol. The quantitative estimate of drug-likeness (QED) is 0.757. The van der Waals surface area contributed by atoms with E-state index in [0.29, 0.717) is 5.56 Å². The molecule has 4 nitrogen and oxygen atoms in total. The normalized spacial score (nSPS) is 10.7. The van der Waals surface area contributed by atoms with Crippen LogP contribution in [0.15, 0.2) is 39.6 Å². The number of halogens is 1. The van der Waals surface area contributed by atoms with Crippen molar-refractivity contribution in [3.63, 3.8) is 0 Å². The van der Waals surface area contributed by atoms with E-state index in [1.807, 2.05) is 23.6 Å². The van der Waals surface area contributed by atoms with Crippen molar-refractivity contribution in [1.29, 1.82) is 0 Å². The number of nitrogens with one attached hydrogen (secondary N) is 2. The molecule has 0 saturated carbocycles. The summed E-state index contributed by atoms with van der Waals surface area (Å²) < 4.78 is 0.939. The molecule has 2 aromatic heterocycles. The number of anilines is 1. The summed E-state index contributed by atoms with van der Waals surface area (Å²) in [5, 5.41) is 12.4. The highest BCUT2D eigenvalue weighted by molar-refractivity contribution is 9.11. The van der Waals surface area contributed by atoms with Gasteiger partial charge >= 0.3 is 0 Å². The smallest absolute Gasteiger partial charge is 0.256 e. The van der Waals surface area contributed by atoms with E-state index in [2.05, 4.69) is 31.4 Å². The zero-order valence-corrected chi connectivity index (χ0v) is 11.5. The molecule has 0 fully saturated rings. The highest BCUT2D eigenvalue weighted by Crippen LogP contribution is 2.24. The number of hydrogen-bond acceptors (Lipinski definition) is 3. The first-order valence-corrected chi connectivity index (χ1v) is 6.89. The molecular formula is C12H8BrN3OS. The summed E-state index contributed by atoms with van der Waals surface area (Å²) in [6.07, 6.45) is 1.70. The average Bonchev–Trinajstić information content (AvgIpc) is 2.97. The van der Waals surface area contributed by atoms with E-state index in [4.69, 9.17) is 0 Å². The fourth-order valence-electron chi connectivity index (χ4n) is 1.70. The number of rotatable bonds is 2. The Bertz CT molecular complexity index is 719. The topological polar surface area (TPSA) is 57.8 Å². The molecule has 0 radical (unpaired) electrons. The standard InChI is InChI=1S/C12H8BrN3OS/c13-11-4-7(6-18-11)12(17)15-9-2-1-3-10-8(9)5-14-16-10/h1-6H,(H,14,16)(H,15,17). The second kappa shape index (κ2) is 4.55. The molecule has 1 aromatic carbocycles. The Balaban J connectivity index is 1.92. The molecular weight excluding hydrogens is 314 g/mol. The van der Waals surface area contributed by atoms with Crippen LogP contribution in [0.2, 0.25) is 0 Å². The van der Waals surface area contributed by atoms with E-state index in [9.17, 15) is 4.79 Å². The van der Waals surface area contributed by atoms with Crippen LogP contribution >= 0.6 is 27.3 Å². The number of hydrogen-bond donors (Lipinski definition) is 2. The van der Waals surface area contributed by atoms with Crippen LogP contribution in [0.1, 0.15) is 10.4 Å². The Kier molecular flexibility index (Phi) is 2.89. The molecule has 0 aliphatic rings. The number of carbonyl (C=O) groups is 1. The lowest BCUT2D eigenvalue weighted by Crippen LogP contribution is -2.10. The number of aromatic nitrogens is 2. The summed E-state index contributed by atoms with van der Waals surface area (Å²) in [4.78, 5) is 12.0. The van der Waals surface area contributed by atoms with Crippen LogP contribution in [-0.4, -0.2) is 16.1 Å². The molecule has 1 amide bonds. The van der Waals surface area contributed by atoms with Gasteiger partial charge in [-0.25, -0.2) is 0 Å². The molecule has 0 spiro atoms. The van der Waals surface area contributed by atoms with E-state index in [0.717, 1.165) is 20.4 Å². The van der Waals surface area contributed by atoms with Crippen molar-refractivity contribution >= 4 is 49.8 Å². The van der Waals surface area contributed by atoms with Gasteiger partial charge in [0.15, 0.2) is 0 Å². The van der Waals surface area contributed by atoms with Crippen LogP contribution in [0.5, 0.6) is 0 Å². The third-order valence-electron chi connectivity index (χ3n) is 2.56. The van der Waals surface area contributed by atoms with Crippen molar-refractivity contribution in [3.05, 3.63) is 45.2 Å². The monoisotopic (exact) mass is 321 g/mol. The molecule has 6 heteroatoms. The van der Waals surface area contributed by atoms with Gasteiger partial charge < -0.3 is 5.32 Å². The molecule has 2 heterocycles. The molecule has 0 unspecified atom stereocenters. The van der Waals surface area contributed by atoms with Crippen LogP contribution < -0.4 is 5.32 Å².